The average molecular weight is 294 g/mol. The maximum atomic E-state index is 10.7. The van der Waals surface area contributed by atoms with Crippen molar-refractivity contribution in [1.29, 1.82) is 0 Å². The van der Waals surface area contributed by atoms with Crippen LogP contribution in [0.3, 0.4) is 0 Å². The van der Waals surface area contributed by atoms with E-state index in [9.17, 15) is 9.90 Å². The number of rotatable bonds is 6. The number of hydrogen-bond donors (Lipinski definition) is 4. The molecule has 1 aromatic heterocycles. The minimum absolute atomic E-state index is 0.466. The van der Waals surface area contributed by atoms with E-state index in [0.29, 0.717) is 49.8 Å². The van der Waals surface area contributed by atoms with Gasteiger partial charge in [-0.15, -0.1) is 0 Å². The van der Waals surface area contributed by atoms with E-state index in [-0.39, 0.29) is 0 Å². The van der Waals surface area contributed by atoms with Gasteiger partial charge in [-0.25, -0.2) is 4.98 Å². The molecule has 0 aromatic carbocycles. The lowest BCUT2D eigenvalue weighted by Crippen LogP contribution is -2.46. The van der Waals surface area contributed by atoms with Crippen LogP contribution >= 0.6 is 0 Å². The normalized spacial score (nSPS) is 21.4. The third kappa shape index (κ3) is 3.17. The summed E-state index contributed by atoms with van der Waals surface area (Å²) in [6.07, 6.45) is 0.0855. The van der Waals surface area contributed by atoms with Crippen molar-refractivity contribution in [2.24, 2.45) is 5.73 Å². The van der Waals surface area contributed by atoms with Crippen LogP contribution in [-0.2, 0) is 4.79 Å². The summed E-state index contributed by atoms with van der Waals surface area (Å²) in [5.41, 5.74) is 12.1. The molecule has 1 saturated heterocycles. The Labute approximate surface area is 123 Å². The molecule has 2 unspecified atom stereocenters. The first-order chi connectivity index (χ1) is 10.1. The van der Waals surface area contributed by atoms with Crippen molar-refractivity contribution in [3.63, 3.8) is 0 Å². The number of aliphatic hydroxyl groups is 1. The number of hydrogen-bond acceptors (Lipinski definition) is 7. The minimum atomic E-state index is -0.611. The van der Waals surface area contributed by atoms with Crippen molar-refractivity contribution in [2.45, 2.75) is 18.7 Å². The molecular formula is C13H22N6O2. The molecule has 1 aromatic rings. The number of nitrogens with two attached hydrogens (primary N) is 2. The number of amides is 1. The van der Waals surface area contributed by atoms with Gasteiger partial charge in [0.1, 0.15) is 12.0 Å². The smallest absolute Gasteiger partial charge is 0.208 e. The molecule has 0 saturated carbocycles. The molecule has 1 fully saturated rings. The second-order valence-corrected chi connectivity index (χ2v) is 5.07. The molecule has 116 valence electrons. The first-order valence-corrected chi connectivity index (χ1v) is 6.90. The Morgan fingerprint density at radius 3 is 3.05 bits per heavy atom. The quantitative estimate of drug-likeness (QED) is 0.481. The van der Waals surface area contributed by atoms with Crippen molar-refractivity contribution in [3.05, 3.63) is 12.1 Å². The highest BCUT2D eigenvalue weighted by Gasteiger charge is 2.33. The highest BCUT2D eigenvalue weighted by atomic mass is 16.3. The summed E-state index contributed by atoms with van der Waals surface area (Å²) in [6, 6.07) is 3.56. The van der Waals surface area contributed by atoms with Crippen molar-refractivity contribution in [1.82, 2.24) is 10.3 Å². The fourth-order valence-electron chi connectivity index (χ4n) is 2.52. The van der Waals surface area contributed by atoms with E-state index in [1.165, 1.54) is 0 Å². The highest BCUT2D eigenvalue weighted by molar-refractivity contribution is 5.66. The minimum Gasteiger partial charge on any atom is -0.396 e. The van der Waals surface area contributed by atoms with Crippen LogP contribution in [0.2, 0.25) is 0 Å². The van der Waals surface area contributed by atoms with Gasteiger partial charge in [0.15, 0.2) is 5.82 Å². The molecule has 1 amide bonds. The maximum Gasteiger partial charge on any atom is 0.208 e. The van der Waals surface area contributed by atoms with Gasteiger partial charge in [0, 0.05) is 26.7 Å². The van der Waals surface area contributed by atoms with Gasteiger partial charge in [0.25, 0.3) is 0 Å². The molecular weight excluding hydrogens is 272 g/mol. The second-order valence-electron chi connectivity index (χ2n) is 5.07. The van der Waals surface area contributed by atoms with E-state index in [1.807, 2.05) is 16.8 Å². The van der Waals surface area contributed by atoms with Crippen LogP contribution in [0.25, 0.3) is 0 Å². The van der Waals surface area contributed by atoms with Crippen molar-refractivity contribution < 1.29 is 9.90 Å². The van der Waals surface area contributed by atoms with E-state index in [2.05, 4.69) is 10.3 Å². The van der Waals surface area contributed by atoms with Crippen molar-refractivity contribution in [2.75, 3.05) is 42.2 Å². The highest BCUT2D eigenvalue weighted by Crippen LogP contribution is 2.28. The Morgan fingerprint density at radius 1 is 1.62 bits per heavy atom. The SMILES string of the molecule is CN(CCN)c1nc(N2CCC(O)C2NC=O)ccc1N. The maximum absolute atomic E-state index is 10.7. The van der Waals surface area contributed by atoms with Crippen LogP contribution in [-0.4, -0.2) is 55.5 Å². The number of anilines is 3. The summed E-state index contributed by atoms with van der Waals surface area (Å²) in [5, 5.41) is 12.5. The lowest BCUT2D eigenvalue weighted by molar-refractivity contribution is -0.110. The first-order valence-electron chi connectivity index (χ1n) is 6.90. The number of pyridine rings is 1. The van der Waals surface area contributed by atoms with Crippen LogP contribution < -0.4 is 26.6 Å². The number of likely N-dealkylation sites (N-methyl/N-ethyl adjacent to an activating group) is 1. The van der Waals surface area contributed by atoms with Crippen LogP contribution in [0.4, 0.5) is 17.3 Å². The summed E-state index contributed by atoms with van der Waals surface area (Å²) in [5.74, 6) is 1.31. The van der Waals surface area contributed by atoms with Gasteiger partial charge in [0.2, 0.25) is 6.41 Å². The molecule has 8 heteroatoms. The van der Waals surface area contributed by atoms with Gasteiger partial charge in [-0.1, -0.05) is 0 Å². The zero-order valence-electron chi connectivity index (χ0n) is 12.1. The molecule has 8 nitrogen and oxygen atoms in total. The Bertz CT molecular complexity index is 498. The summed E-state index contributed by atoms with van der Waals surface area (Å²) in [7, 11) is 1.87. The molecule has 6 N–H and O–H groups in total. The second kappa shape index (κ2) is 6.59. The summed E-state index contributed by atoms with van der Waals surface area (Å²) >= 11 is 0. The Morgan fingerprint density at radius 2 is 2.38 bits per heavy atom. The first kappa shape index (κ1) is 15.3. The van der Waals surface area contributed by atoms with E-state index < -0.39 is 12.3 Å². The largest absolute Gasteiger partial charge is 0.396 e. The van der Waals surface area contributed by atoms with Crippen LogP contribution in [0.5, 0.6) is 0 Å². The third-order valence-electron chi connectivity index (χ3n) is 3.62. The van der Waals surface area contributed by atoms with Gasteiger partial charge in [-0.3, -0.25) is 4.79 Å². The standard InChI is InChI=1S/C13H22N6O2/c1-18(7-5-14)12-9(15)2-3-11(17-12)19-6-4-10(21)13(19)16-8-20/h2-3,8,10,13,21H,4-7,14-15H2,1H3,(H,16,20). The van der Waals surface area contributed by atoms with Crippen molar-refractivity contribution >= 4 is 23.7 Å². The summed E-state index contributed by atoms with van der Waals surface area (Å²) in [4.78, 5) is 19.0. The van der Waals surface area contributed by atoms with Crippen LogP contribution in [0, 0.1) is 0 Å². The Kier molecular flexibility index (Phi) is 4.81. The lowest BCUT2D eigenvalue weighted by atomic mass is 10.3. The molecule has 0 aliphatic carbocycles. The molecule has 2 rings (SSSR count). The topological polar surface area (TPSA) is 121 Å². The number of carbonyl (C=O) groups is 1. The molecule has 0 bridgehead atoms. The number of aliphatic hydroxyl groups excluding tert-OH is 1. The molecule has 2 atom stereocenters. The van der Waals surface area contributed by atoms with Gasteiger partial charge in [-0.2, -0.15) is 0 Å². The molecule has 1 aliphatic rings. The van der Waals surface area contributed by atoms with Crippen molar-refractivity contribution in [3.8, 4) is 0 Å². The summed E-state index contributed by atoms with van der Waals surface area (Å²) < 4.78 is 0. The van der Waals surface area contributed by atoms with E-state index in [0.717, 1.165) is 0 Å². The average Bonchev–Trinajstić information content (AvgIpc) is 2.82. The summed E-state index contributed by atoms with van der Waals surface area (Å²) in [6.45, 7) is 1.75. The molecule has 0 radical (unpaired) electrons. The van der Waals surface area contributed by atoms with Crippen LogP contribution in [0.1, 0.15) is 6.42 Å². The van der Waals surface area contributed by atoms with Gasteiger partial charge < -0.3 is 31.7 Å². The molecule has 0 spiro atoms. The zero-order chi connectivity index (χ0) is 15.4. The zero-order valence-corrected chi connectivity index (χ0v) is 12.1. The van der Waals surface area contributed by atoms with E-state index >= 15 is 0 Å². The fourth-order valence-corrected chi connectivity index (χ4v) is 2.52. The number of carbonyl (C=O) groups excluding carboxylic acids is 1. The van der Waals surface area contributed by atoms with Gasteiger partial charge in [-0.05, 0) is 18.6 Å². The number of aromatic nitrogens is 1. The predicted octanol–water partition coefficient (Wildman–Crippen LogP) is -1.30. The molecule has 1 aliphatic heterocycles. The molecule has 21 heavy (non-hydrogen) atoms. The monoisotopic (exact) mass is 294 g/mol. The fraction of sp³-hybridized carbons (Fsp3) is 0.538. The number of nitrogens with zero attached hydrogens (tertiary/aromatic N) is 3. The van der Waals surface area contributed by atoms with Crippen LogP contribution in [0.15, 0.2) is 12.1 Å². The van der Waals surface area contributed by atoms with E-state index in [1.54, 1.807) is 12.1 Å². The number of nitrogen functional groups attached to an aromatic ring is 1. The predicted molar refractivity (Wildman–Crippen MR) is 81.9 cm³/mol. The van der Waals surface area contributed by atoms with E-state index in [4.69, 9.17) is 11.5 Å². The van der Waals surface area contributed by atoms with Gasteiger partial charge >= 0.3 is 0 Å². The Balaban J connectivity index is 2.27. The third-order valence-corrected chi connectivity index (χ3v) is 3.62. The van der Waals surface area contributed by atoms with Gasteiger partial charge in [0.05, 0.1) is 11.8 Å². The Hall–Kier alpha value is -2.06. The number of nitrogens with one attached hydrogen (secondary N) is 1. The lowest BCUT2D eigenvalue weighted by Gasteiger charge is -2.28. The molecule has 2 heterocycles.